The molecule has 0 saturated carbocycles. The lowest BCUT2D eigenvalue weighted by atomic mass is 10.00. The molecule has 0 aliphatic carbocycles. The maximum Gasteiger partial charge on any atom is 0.0471 e. The number of aliphatic hydroxyl groups is 1. The summed E-state index contributed by atoms with van der Waals surface area (Å²) < 4.78 is 0. The third-order valence-corrected chi connectivity index (χ3v) is 3.66. The Bertz CT molecular complexity index is 549. The molecule has 0 spiro atoms. The van der Waals surface area contributed by atoms with E-state index in [4.69, 9.17) is 5.11 Å². The quantitative estimate of drug-likeness (QED) is 0.866. The van der Waals surface area contributed by atoms with E-state index in [0.717, 1.165) is 18.7 Å². The van der Waals surface area contributed by atoms with Crippen LogP contribution in [0.25, 0.3) is 0 Å². The second-order valence-corrected chi connectivity index (χ2v) is 5.40. The lowest BCUT2D eigenvalue weighted by Gasteiger charge is -2.13. The molecule has 0 amide bonds. The van der Waals surface area contributed by atoms with Gasteiger partial charge in [0, 0.05) is 18.8 Å². The summed E-state index contributed by atoms with van der Waals surface area (Å²) in [6.07, 6.45) is 0.719. The Morgan fingerprint density at radius 1 is 0.950 bits per heavy atom. The topological polar surface area (TPSA) is 32.3 Å². The maximum atomic E-state index is 8.91. The van der Waals surface area contributed by atoms with Crippen molar-refractivity contribution in [3.8, 4) is 0 Å². The highest BCUT2D eigenvalue weighted by atomic mass is 16.2. The van der Waals surface area contributed by atoms with E-state index in [2.05, 4.69) is 62.5 Å². The Hall–Kier alpha value is -1.80. The molecule has 0 aliphatic rings. The van der Waals surface area contributed by atoms with Gasteiger partial charge in [-0.1, -0.05) is 29.8 Å². The number of hydrogen-bond acceptors (Lipinski definition) is 2. The normalized spacial score (nSPS) is 10.6. The second-order valence-electron chi connectivity index (χ2n) is 5.40. The van der Waals surface area contributed by atoms with Crippen LogP contribution in [0, 0.1) is 20.8 Å². The fraction of sp³-hybridized carbons (Fsp3) is 0.333. The van der Waals surface area contributed by atoms with Crippen LogP contribution < -0.4 is 5.32 Å². The van der Waals surface area contributed by atoms with Crippen LogP contribution in [0.4, 0.5) is 5.69 Å². The molecule has 0 heterocycles. The Morgan fingerprint density at radius 3 is 2.10 bits per heavy atom. The number of aryl methyl sites for hydroxylation is 3. The molecular formula is C18H23NO. The van der Waals surface area contributed by atoms with Gasteiger partial charge in [-0.25, -0.2) is 0 Å². The molecule has 2 rings (SSSR count). The number of anilines is 1. The van der Waals surface area contributed by atoms with Crippen LogP contribution in [0.3, 0.4) is 0 Å². The number of hydrogen-bond donors (Lipinski definition) is 2. The summed E-state index contributed by atoms with van der Waals surface area (Å²) in [4.78, 5) is 0. The van der Waals surface area contributed by atoms with Crippen LogP contribution in [0.2, 0.25) is 0 Å². The first-order valence-electron chi connectivity index (χ1n) is 7.10. The van der Waals surface area contributed by atoms with Gasteiger partial charge in [-0.05, 0) is 61.6 Å². The van der Waals surface area contributed by atoms with Crippen LogP contribution >= 0.6 is 0 Å². The smallest absolute Gasteiger partial charge is 0.0471 e. The molecule has 0 aromatic heterocycles. The molecule has 0 bridgehead atoms. The largest absolute Gasteiger partial charge is 0.396 e. The summed E-state index contributed by atoms with van der Waals surface area (Å²) in [5.74, 6) is 0. The summed E-state index contributed by atoms with van der Waals surface area (Å²) in [6, 6.07) is 12.7. The average Bonchev–Trinajstić information content (AvgIpc) is 2.39. The van der Waals surface area contributed by atoms with Crippen LogP contribution in [0.1, 0.15) is 27.8 Å². The van der Waals surface area contributed by atoms with Crippen molar-refractivity contribution in [3.05, 3.63) is 64.2 Å². The first kappa shape index (κ1) is 14.6. The van der Waals surface area contributed by atoms with E-state index in [0.29, 0.717) is 0 Å². The van der Waals surface area contributed by atoms with E-state index >= 15 is 0 Å². The van der Waals surface area contributed by atoms with E-state index in [-0.39, 0.29) is 6.61 Å². The molecule has 2 nitrogen and oxygen atoms in total. The number of nitrogens with one attached hydrogen (secondary N) is 1. The fourth-order valence-corrected chi connectivity index (χ4v) is 2.60. The van der Waals surface area contributed by atoms with Crippen molar-refractivity contribution < 1.29 is 5.11 Å². The van der Waals surface area contributed by atoms with Gasteiger partial charge in [0.05, 0.1) is 0 Å². The highest BCUT2D eigenvalue weighted by Crippen LogP contribution is 2.18. The Kier molecular flexibility index (Phi) is 4.80. The zero-order valence-corrected chi connectivity index (χ0v) is 12.5. The third-order valence-electron chi connectivity index (χ3n) is 3.66. The van der Waals surface area contributed by atoms with Gasteiger partial charge in [0.25, 0.3) is 0 Å². The molecule has 2 heteroatoms. The lowest BCUT2D eigenvalue weighted by molar-refractivity contribution is 0.299. The molecule has 2 aromatic carbocycles. The van der Waals surface area contributed by atoms with Crippen molar-refractivity contribution >= 4 is 5.69 Å². The van der Waals surface area contributed by atoms with Crippen molar-refractivity contribution in [1.82, 2.24) is 0 Å². The van der Waals surface area contributed by atoms with Crippen molar-refractivity contribution in [2.75, 3.05) is 11.9 Å². The number of rotatable bonds is 5. The van der Waals surface area contributed by atoms with Gasteiger partial charge >= 0.3 is 0 Å². The number of aliphatic hydroxyl groups excluding tert-OH is 1. The summed E-state index contributed by atoms with van der Waals surface area (Å²) in [5, 5.41) is 12.4. The van der Waals surface area contributed by atoms with Crippen molar-refractivity contribution in [2.45, 2.75) is 33.7 Å². The molecule has 0 aliphatic heterocycles. The summed E-state index contributed by atoms with van der Waals surface area (Å²) in [7, 11) is 0. The molecule has 0 fully saturated rings. The summed E-state index contributed by atoms with van der Waals surface area (Å²) in [6.45, 7) is 7.52. The monoisotopic (exact) mass is 269 g/mol. The minimum absolute atomic E-state index is 0.203. The Morgan fingerprint density at radius 2 is 1.55 bits per heavy atom. The van der Waals surface area contributed by atoms with Gasteiger partial charge in [0.1, 0.15) is 0 Å². The molecule has 0 saturated heterocycles. The van der Waals surface area contributed by atoms with Crippen LogP contribution in [-0.2, 0) is 13.0 Å². The molecular weight excluding hydrogens is 246 g/mol. The minimum atomic E-state index is 0.203. The van der Waals surface area contributed by atoms with Gasteiger partial charge in [0.2, 0.25) is 0 Å². The van der Waals surface area contributed by atoms with Gasteiger partial charge in [0.15, 0.2) is 0 Å². The predicted molar refractivity (Wildman–Crippen MR) is 85.2 cm³/mol. The molecule has 20 heavy (non-hydrogen) atoms. The second kappa shape index (κ2) is 6.58. The first-order chi connectivity index (χ1) is 9.60. The zero-order valence-electron chi connectivity index (χ0n) is 12.5. The fourth-order valence-electron chi connectivity index (χ4n) is 2.60. The highest BCUT2D eigenvalue weighted by molar-refractivity contribution is 5.47. The number of benzene rings is 2. The van der Waals surface area contributed by atoms with E-state index in [1.54, 1.807) is 0 Å². The predicted octanol–water partition coefficient (Wildman–Crippen LogP) is 3.76. The van der Waals surface area contributed by atoms with Gasteiger partial charge < -0.3 is 10.4 Å². The maximum absolute atomic E-state index is 8.91. The lowest BCUT2D eigenvalue weighted by Crippen LogP contribution is -2.04. The first-order valence-corrected chi connectivity index (χ1v) is 7.10. The summed E-state index contributed by atoms with van der Waals surface area (Å²) in [5.41, 5.74) is 7.65. The van der Waals surface area contributed by atoms with Gasteiger partial charge in [-0.15, -0.1) is 0 Å². The van der Waals surface area contributed by atoms with Crippen molar-refractivity contribution in [2.24, 2.45) is 0 Å². The SMILES string of the molecule is Cc1cc(C)c(CNc2ccc(CCO)cc2)c(C)c1. The van der Waals surface area contributed by atoms with Gasteiger partial charge in [-0.3, -0.25) is 0 Å². The highest BCUT2D eigenvalue weighted by Gasteiger charge is 2.03. The molecule has 2 aromatic rings. The van der Waals surface area contributed by atoms with Crippen molar-refractivity contribution in [3.63, 3.8) is 0 Å². The molecule has 0 unspecified atom stereocenters. The molecule has 0 radical (unpaired) electrons. The standard InChI is InChI=1S/C18H23NO/c1-13-10-14(2)18(15(3)11-13)12-19-17-6-4-16(5-7-17)8-9-20/h4-7,10-11,19-20H,8-9,12H2,1-3H3. The molecule has 106 valence electrons. The van der Waals surface area contributed by atoms with E-state index in [1.807, 2.05) is 0 Å². The minimum Gasteiger partial charge on any atom is -0.396 e. The van der Waals surface area contributed by atoms with E-state index in [9.17, 15) is 0 Å². The van der Waals surface area contributed by atoms with E-state index in [1.165, 1.54) is 27.8 Å². The Labute approximate surface area is 121 Å². The third kappa shape index (κ3) is 3.61. The van der Waals surface area contributed by atoms with Crippen LogP contribution in [0.15, 0.2) is 36.4 Å². The summed E-state index contributed by atoms with van der Waals surface area (Å²) >= 11 is 0. The molecule has 2 N–H and O–H groups in total. The zero-order chi connectivity index (χ0) is 14.5. The van der Waals surface area contributed by atoms with Crippen LogP contribution in [0.5, 0.6) is 0 Å². The average molecular weight is 269 g/mol. The molecule has 0 atom stereocenters. The van der Waals surface area contributed by atoms with E-state index < -0.39 is 0 Å². The van der Waals surface area contributed by atoms with Crippen molar-refractivity contribution in [1.29, 1.82) is 0 Å². The Balaban J connectivity index is 2.05. The van der Waals surface area contributed by atoms with Gasteiger partial charge in [-0.2, -0.15) is 0 Å². The van der Waals surface area contributed by atoms with Crippen LogP contribution in [-0.4, -0.2) is 11.7 Å².